The Morgan fingerprint density at radius 2 is 2.17 bits per heavy atom. The van der Waals surface area contributed by atoms with Crippen LogP contribution in [0.3, 0.4) is 0 Å². The summed E-state index contributed by atoms with van der Waals surface area (Å²) < 4.78 is 4.78. The van der Waals surface area contributed by atoms with Gasteiger partial charge in [0.1, 0.15) is 0 Å². The lowest BCUT2D eigenvalue weighted by Crippen LogP contribution is -2.35. The van der Waals surface area contributed by atoms with Crippen LogP contribution in [0, 0.1) is 5.92 Å². The predicted octanol–water partition coefficient (Wildman–Crippen LogP) is 1.90. The second-order valence-electron chi connectivity index (χ2n) is 4.77. The summed E-state index contributed by atoms with van der Waals surface area (Å²) in [6, 6.07) is 6.43. The molecule has 0 amide bonds. The molecular weight excluding hydrogens is 228 g/mol. The Kier molecular flexibility index (Phi) is 4.70. The van der Waals surface area contributed by atoms with Crippen LogP contribution in [0.4, 0.5) is 0 Å². The number of nitrogens with one attached hydrogen (secondary N) is 1. The van der Waals surface area contributed by atoms with E-state index < -0.39 is 0 Å². The van der Waals surface area contributed by atoms with Crippen LogP contribution in [0.1, 0.15) is 31.4 Å². The second-order valence-corrected chi connectivity index (χ2v) is 4.77. The van der Waals surface area contributed by atoms with E-state index in [0.29, 0.717) is 6.04 Å². The van der Waals surface area contributed by atoms with Crippen LogP contribution >= 0.6 is 0 Å². The Morgan fingerprint density at radius 1 is 1.39 bits per heavy atom. The molecule has 2 rings (SSSR count). The van der Waals surface area contributed by atoms with E-state index in [4.69, 9.17) is 4.74 Å². The van der Waals surface area contributed by atoms with Gasteiger partial charge in [0.05, 0.1) is 18.7 Å². The highest BCUT2D eigenvalue weighted by Gasteiger charge is 2.26. The van der Waals surface area contributed by atoms with Crippen LogP contribution in [0.5, 0.6) is 0 Å². The SMILES string of the molecule is COC(=O)C1CCC(NCc2ccccn2)CC1. The van der Waals surface area contributed by atoms with Crippen molar-refractivity contribution in [2.24, 2.45) is 5.92 Å². The lowest BCUT2D eigenvalue weighted by molar-refractivity contribution is -0.146. The van der Waals surface area contributed by atoms with Gasteiger partial charge in [-0.2, -0.15) is 0 Å². The first kappa shape index (κ1) is 13.0. The summed E-state index contributed by atoms with van der Waals surface area (Å²) in [7, 11) is 1.47. The van der Waals surface area contributed by atoms with E-state index in [2.05, 4.69) is 10.3 Å². The monoisotopic (exact) mass is 248 g/mol. The van der Waals surface area contributed by atoms with Crippen LogP contribution in [0.25, 0.3) is 0 Å². The quantitative estimate of drug-likeness (QED) is 0.827. The molecule has 1 aliphatic carbocycles. The molecule has 1 aromatic rings. The number of pyridine rings is 1. The van der Waals surface area contributed by atoms with Gasteiger partial charge in [-0.15, -0.1) is 0 Å². The smallest absolute Gasteiger partial charge is 0.308 e. The maximum Gasteiger partial charge on any atom is 0.308 e. The predicted molar refractivity (Wildman–Crippen MR) is 68.8 cm³/mol. The van der Waals surface area contributed by atoms with E-state index in [9.17, 15) is 4.79 Å². The zero-order valence-electron chi connectivity index (χ0n) is 10.8. The molecule has 4 nitrogen and oxygen atoms in total. The van der Waals surface area contributed by atoms with Gasteiger partial charge in [0, 0.05) is 18.8 Å². The first-order valence-corrected chi connectivity index (χ1v) is 6.50. The fourth-order valence-corrected chi connectivity index (χ4v) is 2.45. The minimum absolute atomic E-state index is 0.0572. The minimum Gasteiger partial charge on any atom is -0.469 e. The Morgan fingerprint density at radius 3 is 2.78 bits per heavy atom. The van der Waals surface area contributed by atoms with Crippen LogP contribution in [0.15, 0.2) is 24.4 Å². The standard InChI is InChI=1S/C14H20N2O2/c1-18-14(17)11-5-7-12(8-6-11)16-10-13-4-2-3-9-15-13/h2-4,9,11-12,16H,5-8,10H2,1H3. The Hall–Kier alpha value is -1.42. The summed E-state index contributed by atoms with van der Waals surface area (Å²) in [6.45, 7) is 0.800. The molecule has 0 aromatic carbocycles. The van der Waals surface area contributed by atoms with Gasteiger partial charge in [0.2, 0.25) is 0 Å². The molecule has 18 heavy (non-hydrogen) atoms. The van der Waals surface area contributed by atoms with Gasteiger partial charge in [-0.25, -0.2) is 0 Å². The van der Waals surface area contributed by atoms with Crippen LogP contribution in [-0.4, -0.2) is 24.1 Å². The Balaban J connectivity index is 1.72. The molecule has 4 heteroatoms. The van der Waals surface area contributed by atoms with Crippen molar-refractivity contribution in [2.75, 3.05) is 7.11 Å². The normalized spacial score (nSPS) is 23.6. The molecule has 0 saturated heterocycles. The van der Waals surface area contributed by atoms with E-state index >= 15 is 0 Å². The van der Waals surface area contributed by atoms with Crippen LogP contribution in [-0.2, 0) is 16.1 Å². The molecule has 98 valence electrons. The Bertz CT molecular complexity index is 373. The van der Waals surface area contributed by atoms with Gasteiger partial charge in [0.15, 0.2) is 0 Å². The van der Waals surface area contributed by atoms with E-state index in [1.54, 1.807) is 0 Å². The highest BCUT2D eigenvalue weighted by molar-refractivity contribution is 5.72. The molecule has 1 heterocycles. The zero-order chi connectivity index (χ0) is 12.8. The van der Waals surface area contributed by atoms with Crippen molar-refractivity contribution in [2.45, 2.75) is 38.3 Å². The molecule has 0 aliphatic heterocycles. The van der Waals surface area contributed by atoms with Crippen LogP contribution in [0.2, 0.25) is 0 Å². The first-order valence-electron chi connectivity index (χ1n) is 6.50. The van der Waals surface area contributed by atoms with Gasteiger partial charge in [-0.05, 0) is 37.8 Å². The third-order valence-corrected chi connectivity index (χ3v) is 3.56. The van der Waals surface area contributed by atoms with Gasteiger partial charge >= 0.3 is 5.97 Å². The van der Waals surface area contributed by atoms with Gasteiger partial charge in [-0.3, -0.25) is 9.78 Å². The van der Waals surface area contributed by atoms with Crippen LogP contribution < -0.4 is 5.32 Å². The summed E-state index contributed by atoms with van der Waals surface area (Å²) in [5.41, 5.74) is 1.06. The maximum atomic E-state index is 11.4. The number of methoxy groups -OCH3 is 1. The minimum atomic E-state index is -0.0572. The number of hydrogen-bond donors (Lipinski definition) is 1. The molecule has 0 unspecified atom stereocenters. The summed E-state index contributed by atoms with van der Waals surface area (Å²) >= 11 is 0. The number of ether oxygens (including phenoxy) is 1. The fourth-order valence-electron chi connectivity index (χ4n) is 2.45. The van der Waals surface area contributed by atoms with E-state index in [1.807, 2.05) is 24.4 Å². The van der Waals surface area contributed by atoms with Crippen molar-refractivity contribution in [3.05, 3.63) is 30.1 Å². The number of aromatic nitrogens is 1. The third-order valence-electron chi connectivity index (χ3n) is 3.56. The van der Waals surface area contributed by atoms with E-state index in [0.717, 1.165) is 37.9 Å². The largest absolute Gasteiger partial charge is 0.469 e. The molecule has 0 atom stereocenters. The summed E-state index contributed by atoms with van der Waals surface area (Å²) in [5.74, 6) is 0.0427. The Labute approximate surface area is 108 Å². The average Bonchev–Trinajstić information content (AvgIpc) is 2.46. The van der Waals surface area contributed by atoms with Gasteiger partial charge < -0.3 is 10.1 Å². The van der Waals surface area contributed by atoms with Gasteiger partial charge in [0.25, 0.3) is 0 Å². The number of nitrogens with zero attached hydrogens (tertiary/aromatic N) is 1. The number of esters is 1. The van der Waals surface area contributed by atoms with Crippen molar-refractivity contribution in [3.63, 3.8) is 0 Å². The molecular formula is C14H20N2O2. The van der Waals surface area contributed by atoms with Crippen molar-refractivity contribution < 1.29 is 9.53 Å². The van der Waals surface area contributed by atoms with E-state index in [1.165, 1.54) is 7.11 Å². The van der Waals surface area contributed by atoms with Gasteiger partial charge in [-0.1, -0.05) is 6.07 Å². The molecule has 1 saturated carbocycles. The van der Waals surface area contributed by atoms with Crippen molar-refractivity contribution >= 4 is 5.97 Å². The summed E-state index contributed by atoms with van der Waals surface area (Å²) in [4.78, 5) is 15.7. The zero-order valence-corrected chi connectivity index (χ0v) is 10.8. The number of hydrogen-bond acceptors (Lipinski definition) is 4. The topological polar surface area (TPSA) is 51.2 Å². The van der Waals surface area contributed by atoms with Crippen molar-refractivity contribution in [1.29, 1.82) is 0 Å². The third kappa shape index (κ3) is 3.53. The highest BCUT2D eigenvalue weighted by Crippen LogP contribution is 2.25. The van der Waals surface area contributed by atoms with Crippen molar-refractivity contribution in [1.82, 2.24) is 10.3 Å². The first-order chi connectivity index (χ1) is 8.79. The number of carbonyl (C=O) groups is 1. The molecule has 1 aliphatic rings. The number of rotatable bonds is 4. The fraction of sp³-hybridized carbons (Fsp3) is 0.571. The molecule has 1 N–H and O–H groups in total. The maximum absolute atomic E-state index is 11.4. The number of carbonyl (C=O) groups excluding carboxylic acids is 1. The molecule has 0 spiro atoms. The summed E-state index contributed by atoms with van der Waals surface area (Å²) in [5, 5.41) is 3.50. The lowest BCUT2D eigenvalue weighted by Gasteiger charge is -2.27. The van der Waals surface area contributed by atoms with E-state index in [-0.39, 0.29) is 11.9 Å². The lowest BCUT2D eigenvalue weighted by atomic mass is 9.86. The highest BCUT2D eigenvalue weighted by atomic mass is 16.5. The molecule has 1 aromatic heterocycles. The molecule has 0 bridgehead atoms. The second kappa shape index (κ2) is 6.50. The molecule has 0 radical (unpaired) electrons. The van der Waals surface area contributed by atoms with Crippen molar-refractivity contribution in [3.8, 4) is 0 Å². The average molecular weight is 248 g/mol. The summed E-state index contributed by atoms with van der Waals surface area (Å²) in [6.07, 6.45) is 5.73. The molecule has 1 fully saturated rings.